The molecule has 1 nitrogen and oxygen atoms in total. The van der Waals surface area contributed by atoms with Crippen LogP contribution in [0.1, 0.15) is 20.8 Å². The van der Waals surface area contributed by atoms with Gasteiger partial charge in [-0.05, 0) is 36.5 Å². The van der Waals surface area contributed by atoms with Crippen molar-refractivity contribution in [2.24, 2.45) is 11.8 Å². The second-order valence-corrected chi connectivity index (χ2v) is 5.25. The third kappa shape index (κ3) is 4.78. The van der Waals surface area contributed by atoms with Crippen molar-refractivity contribution in [2.45, 2.75) is 20.8 Å². The largest absolute Gasteiger partial charge is 0.346 e. The highest BCUT2D eigenvalue weighted by molar-refractivity contribution is 5.31. The fraction of sp³-hybridized carbons (Fsp3) is 0.333. The van der Waals surface area contributed by atoms with Crippen molar-refractivity contribution < 1.29 is 0 Å². The fourth-order valence-electron chi connectivity index (χ4n) is 1.76. The summed E-state index contributed by atoms with van der Waals surface area (Å²) >= 11 is 0. The topological polar surface area (TPSA) is 3.24 Å². The summed E-state index contributed by atoms with van der Waals surface area (Å²) < 4.78 is 0. The second-order valence-electron chi connectivity index (χ2n) is 5.25. The van der Waals surface area contributed by atoms with E-state index in [0.29, 0.717) is 11.8 Å². The molecular weight excluding hydrogens is 230 g/mol. The van der Waals surface area contributed by atoms with Crippen LogP contribution >= 0.6 is 0 Å². The predicted molar refractivity (Wildman–Crippen MR) is 85.5 cm³/mol. The molecule has 2 atom stereocenters. The SMILES string of the molecule is C=C1/C=C\C=C/C(C)C(C)/C=C\C(C)=C/C(=C)N1C. The Hall–Kier alpha value is -1.76. The van der Waals surface area contributed by atoms with Gasteiger partial charge < -0.3 is 4.90 Å². The van der Waals surface area contributed by atoms with Crippen molar-refractivity contribution in [1.29, 1.82) is 0 Å². The van der Waals surface area contributed by atoms with E-state index in [-0.39, 0.29) is 0 Å². The molecular formula is C18H25N. The van der Waals surface area contributed by atoms with Gasteiger partial charge in [0, 0.05) is 18.4 Å². The van der Waals surface area contributed by atoms with Gasteiger partial charge in [-0.25, -0.2) is 0 Å². The van der Waals surface area contributed by atoms with E-state index in [1.807, 2.05) is 24.1 Å². The molecule has 1 rings (SSSR count). The van der Waals surface area contributed by atoms with Crippen molar-refractivity contribution in [3.05, 3.63) is 72.7 Å². The molecule has 2 unspecified atom stereocenters. The van der Waals surface area contributed by atoms with Crippen molar-refractivity contribution in [3.8, 4) is 0 Å². The van der Waals surface area contributed by atoms with Crippen molar-refractivity contribution >= 4 is 0 Å². The fourth-order valence-corrected chi connectivity index (χ4v) is 1.76. The first kappa shape index (κ1) is 15.3. The molecule has 0 N–H and O–H groups in total. The molecule has 0 spiro atoms. The minimum Gasteiger partial charge on any atom is -0.346 e. The molecule has 19 heavy (non-hydrogen) atoms. The van der Waals surface area contributed by atoms with Crippen molar-refractivity contribution in [3.63, 3.8) is 0 Å². The van der Waals surface area contributed by atoms with Gasteiger partial charge in [0.1, 0.15) is 0 Å². The van der Waals surface area contributed by atoms with Gasteiger partial charge in [-0.2, -0.15) is 0 Å². The summed E-state index contributed by atoms with van der Waals surface area (Å²) in [6.07, 6.45) is 14.9. The van der Waals surface area contributed by atoms with E-state index in [1.165, 1.54) is 5.57 Å². The van der Waals surface area contributed by atoms with E-state index in [2.05, 4.69) is 64.3 Å². The Kier molecular flexibility index (Phi) is 5.62. The number of rotatable bonds is 0. The smallest absolute Gasteiger partial charge is 0.0337 e. The van der Waals surface area contributed by atoms with E-state index >= 15 is 0 Å². The van der Waals surface area contributed by atoms with E-state index in [4.69, 9.17) is 0 Å². The molecule has 0 saturated heterocycles. The van der Waals surface area contributed by atoms with Gasteiger partial charge in [-0.3, -0.25) is 0 Å². The number of hydrogen-bond acceptors (Lipinski definition) is 1. The molecule has 0 aromatic rings. The summed E-state index contributed by atoms with van der Waals surface area (Å²) in [5, 5.41) is 0. The predicted octanol–water partition coefficient (Wildman–Crippen LogP) is 4.85. The summed E-state index contributed by atoms with van der Waals surface area (Å²) in [5.41, 5.74) is 3.08. The van der Waals surface area contributed by atoms with Crippen LogP contribution < -0.4 is 0 Å². The summed E-state index contributed by atoms with van der Waals surface area (Å²) in [5.74, 6) is 1.03. The summed E-state index contributed by atoms with van der Waals surface area (Å²) in [6.45, 7) is 14.7. The highest BCUT2D eigenvalue weighted by atomic mass is 15.1. The highest BCUT2D eigenvalue weighted by Gasteiger charge is 2.06. The van der Waals surface area contributed by atoms with Gasteiger partial charge in [0.15, 0.2) is 0 Å². The Labute approximate surface area is 118 Å². The highest BCUT2D eigenvalue weighted by Crippen LogP contribution is 2.17. The molecule has 1 heterocycles. The van der Waals surface area contributed by atoms with E-state index < -0.39 is 0 Å². The van der Waals surface area contributed by atoms with Crippen LogP contribution in [0.25, 0.3) is 0 Å². The summed E-state index contributed by atoms with van der Waals surface area (Å²) in [6, 6.07) is 0. The number of hydrogen-bond donors (Lipinski definition) is 0. The normalized spacial score (nSPS) is 33.5. The molecule has 1 heteroatoms. The second kappa shape index (κ2) is 6.98. The zero-order valence-electron chi connectivity index (χ0n) is 12.6. The molecule has 102 valence electrons. The third-order valence-corrected chi connectivity index (χ3v) is 3.56. The first-order valence-electron chi connectivity index (χ1n) is 6.74. The standard InChI is InChI=1S/C18H25N/c1-14-11-12-16(3)15(2)9-7-8-10-17(4)19(6)18(5)13-14/h7-13,15-16H,4-5H2,1-3,6H3/b9-7-,10-8-,12-11-,14-13-. The van der Waals surface area contributed by atoms with Crippen LogP contribution in [-0.2, 0) is 0 Å². The van der Waals surface area contributed by atoms with Gasteiger partial charge in [0.2, 0.25) is 0 Å². The van der Waals surface area contributed by atoms with Crippen molar-refractivity contribution in [1.82, 2.24) is 4.90 Å². The Morgan fingerprint density at radius 3 is 2.26 bits per heavy atom. The molecule has 0 aromatic heterocycles. The van der Waals surface area contributed by atoms with Gasteiger partial charge in [0.05, 0.1) is 0 Å². The molecule has 0 bridgehead atoms. The van der Waals surface area contributed by atoms with Gasteiger partial charge >= 0.3 is 0 Å². The molecule has 1 aliphatic rings. The maximum Gasteiger partial charge on any atom is 0.0337 e. The Bertz CT molecular complexity index is 460. The summed E-state index contributed by atoms with van der Waals surface area (Å²) in [7, 11) is 1.98. The van der Waals surface area contributed by atoms with Crippen LogP contribution in [0.5, 0.6) is 0 Å². The van der Waals surface area contributed by atoms with Crippen molar-refractivity contribution in [2.75, 3.05) is 7.05 Å². The molecule has 0 amide bonds. The monoisotopic (exact) mass is 255 g/mol. The minimum atomic E-state index is 0.517. The zero-order chi connectivity index (χ0) is 14.4. The molecule has 0 fully saturated rings. The average molecular weight is 255 g/mol. The Morgan fingerprint density at radius 1 is 0.947 bits per heavy atom. The van der Waals surface area contributed by atoms with E-state index in [1.54, 1.807) is 0 Å². The zero-order valence-corrected chi connectivity index (χ0v) is 12.6. The van der Waals surface area contributed by atoms with Crippen LogP contribution in [0, 0.1) is 11.8 Å². The Balaban J connectivity index is 3.08. The number of nitrogens with zero attached hydrogens (tertiary/aromatic N) is 1. The maximum absolute atomic E-state index is 4.08. The lowest BCUT2D eigenvalue weighted by atomic mass is 9.94. The maximum atomic E-state index is 4.08. The van der Waals surface area contributed by atoms with Crippen LogP contribution in [0.15, 0.2) is 72.7 Å². The molecule has 0 aliphatic carbocycles. The summed E-state index contributed by atoms with van der Waals surface area (Å²) in [4.78, 5) is 1.99. The lowest BCUT2D eigenvalue weighted by Crippen LogP contribution is -2.13. The quantitative estimate of drug-likeness (QED) is 0.598. The lowest BCUT2D eigenvalue weighted by Gasteiger charge is -2.19. The molecule has 0 aromatic carbocycles. The first-order chi connectivity index (χ1) is 8.91. The van der Waals surface area contributed by atoms with Crippen LogP contribution in [0.4, 0.5) is 0 Å². The van der Waals surface area contributed by atoms with E-state index in [9.17, 15) is 0 Å². The molecule has 1 aliphatic heterocycles. The third-order valence-electron chi connectivity index (χ3n) is 3.56. The average Bonchev–Trinajstić information content (AvgIpc) is 2.38. The number of allylic oxidation sites excluding steroid dienone is 8. The molecule has 0 radical (unpaired) electrons. The Morgan fingerprint density at radius 2 is 1.58 bits per heavy atom. The van der Waals surface area contributed by atoms with Crippen LogP contribution in [0.3, 0.4) is 0 Å². The lowest BCUT2D eigenvalue weighted by molar-refractivity contribution is 0.558. The van der Waals surface area contributed by atoms with Gasteiger partial charge in [-0.1, -0.05) is 57.4 Å². The van der Waals surface area contributed by atoms with Crippen LogP contribution in [0.2, 0.25) is 0 Å². The van der Waals surface area contributed by atoms with E-state index in [0.717, 1.165) is 11.4 Å². The van der Waals surface area contributed by atoms with Gasteiger partial charge in [0.25, 0.3) is 0 Å². The minimum absolute atomic E-state index is 0.517. The van der Waals surface area contributed by atoms with Crippen LogP contribution in [-0.4, -0.2) is 11.9 Å². The first-order valence-corrected chi connectivity index (χ1v) is 6.74. The van der Waals surface area contributed by atoms with Gasteiger partial charge in [-0.15, -0.1) is 0 Å². The number of likely N-dealkylation sites (N-methyl/N-ethyl adjacent to an activating group) is 1. The molecule has 0 saturated carbocycles.